The molecule has 120 valence electrons. The van der Waals surface area contributed by atoms with Crippen molar-refractivity contribution < 1.29 is 38.8 Å². The smallest absolute Gasteiger partial charge is 0.294 e. The molecule has 0 amide bonds. The summed E-state index contributed by atoms with van der Waals surface area (Å²) in [5, 5.41) is 20.1. The van der Waals surface area contributed by atoms with E-state index in [2.05, 4.69) is 14.7 Å². The maximum absolute atomic E-state index is 12.2. The molecule has 0 radical (unpaired) electrons. The monoisotopic (exact) mass is 340 g/mol. The summed E-state index contributed by atoms with van der Waals surface area (Å²) < 4.78 is 31.4. The average molecular weight is 340 g/mol. The quantitative estimate of drug-likeness (QED) is 0.226. The fourth-order valence-electron chi connectivity index (χ4n) is 2.08. The second kappa shape index (κ2) is 6.20. The van der Waals surface area contributed by atoms with Crippen LogP contribution in [0.1, 0.15) is 5.56 Å². The lowest BCUT2D eigenvalue weighted by atomic mass is 9.67. The predicted molar refractivity (Wildman–Crippen MR) is 79.1 cm³/mol. The van der Waals surface area contributed by atoms with Gasteiger partial charge in [-0.1, -0.05) is 17.7 Å². The van der Waals surface area contributed by atoms with Crippen LogP contribution in [0.15, 0.2) is 18.2 Å². The van der Waals surface area contributed by atoms with Gasteiger partial charge in [0.2, 0.25) is 14.9 Å². The van der Waals surface area contributed by atoms with Crippen LogP contribution >= 0.6 is 14.9 Å². The molecule has 0 aromatic heterocycles. The number of anilines is 1. The number of aryl methyl sites for hydroxylation is 1. The molecule has 2 unspecified atom stereocenters. The normalized spacial score (nSPS) is 20.1. The zero-order valence-electron chi connectivity index (χ0n) is 11.6. The van der Waals surface area contributed by atoms with E-state index in [1.165, 1.54) is 19.2 Å². The van der Waals surface area contributed by atoms with Crippen LogP contribution in [0.25, 0.3) is 0 Å². The third-order valence-corrected chi connectivity index (χ3v) is 8.89. The second-order valence-corrected chi connectivity index (χ2v) is 9.87. The van der Waals surface area contributed by atoms with Gasteiger partial charge in [0.25, 0.3) is 5.59 Å². The third-order valence-electron chi connectivity index (χ3n) is 3.57. The zero-order valence-corrected chi connectivity index (χ0v) is 13.4. The van der Waals surface area contributed by atoms with Gasteiger partial charge in [0.15, 0.2) is 0 Å². The molecule has 0 aliphatic heterocycles. The van der Waals surface area contributed by atoms with Gasteiger partial charge < -0.3 is 24.2 Å². The molecule has 5 N–H and O–H groups in total. The van der Waals surface area contributed by atoms with Crippen LogP contribution in [0.2, 0.25) is 6.82 Å². The molecule has 21 heavy (non-hydrogen) atoms. The topological polar surface area (TPSA) is 146 Å². The van der Waals surface area contributed by atoms with E-state index in [9.17, 15) is 18.9 Å². The van der Waals surface area contributed by atoms with Gasteiger partial charge >= 0.3 is 0 Å². The van der Waals surface area contributed by atoms with Crippen molar-refractivity contribution in [3.8, 4) is 0 Å². The van der Waals surface area contributed by atoms with E-state index in [-0.39, 0.29) is 11.2 Å². The second-order valence-electron chi connectivity index (χ2n) is 4.81. The number of hydrogen-bond donors (Lipinski definition) is 5. The number of nitrogens with one attached hydrogen (secondary N) is 1. The standard InChI is InChI=1S/C9H17BNO8P2/c1-7-4-5-9(11-3)8(6-7)10(2,20(14,15)18-12)21(16,17)19-13/h4-6,11-13H,1-3H3,(H,14,15)(H,16,17)/q-1. The van der Waals surface area contributed by atoms with E-state index in [1.54, 1.807) is 13.0 Å². The molecule has 0 fully saturated rings. The number of benzene rings is 1. The van der Waals surface area contributed by atoms with Crippen molar-refractivity contribution in [1.29, 1.82) is 0 Å². The Morgan fingerprint density at radius 2 is 1.62 bits per heavy atom. The largest absolute Gasteiger partial charge is 0.391 e. The summed E-state index contributed by atoms with van der Waals surface area (Å²) in [6.07, 6.45) is 0. The Morgan fingerprint density at radius 1 is 1.14 bits per heavy atom. The molecule has 1 aromatic carbocycles. The summed E-state index contributed by atoms with van der Waals surface area (Å²) >= 11 is 0. The average Bonchev–Trinajstić information content (AvgIpc) is 2.45. The van der Waals surface area contributed by atoms with Crippen molar-refractivity contribution in [3.63, 3.8) is 0 Å². The SMILES string of the molecule is CNc1ccc(C)cc1[B-](C)(P(=O)(O)OO)P(=O)(O)OO. The van der Waals surface area contributed by atoms with Gasteiger partial charge in [0.05, 0.1) is 0 Å². The Morgan fingerprint density at radius 3 is 2.00 bits per heavy atom. The van der Waals surface area contributed by atoms with Crippen molar-refractivity contribution in [2.24, 2.45) is 0 Å². The number of rotatable bonds is 6. The van der Waals surface area contributed by atoms with Crippen LogP contribution in [0, 0.1) is 6.92 Å². The van der Waals surface area contributed by atoms with Crippen LogP contribution < -0.4 is 10.8 Å². The van der Waals surface area contributed by atoms with Crippen molar-refractivity contribution in [3.05, 3.63) is 23.8 Å². The Bertz CT molecular complexity index is 600. The molecular formula is C9H17BNO8P2-. The van der Waals surface area contributed by atoms with E-state index in [1.807, 2.05) is 0 Å². The van der Waals surface area contributed by atoms with Crippen molar-refractivity contribution in [2.45, 2.75) is 13.7 Å². The molecule has 0 aliphatic carbocycles. The Labute approximate surface area is 121 Å². The lowest BCUT2D eigenvalue weighted by molar-refractivity contribution is -0.145. The minimum absolute atomic E-state index is 0.0720. The van der Waals surface area contributed by atoms with E-state index in [0.29, 0.717) is 5.56 Å². The lowest BCUT2D eigenvalue weighted by Crippen LogP contribution is -2.47. The van der Waals surface area contributed by atoms with E-state index in [0.717, 1.165) is 6.82 Å². The highest BCUT2D eigenvalue weighted by Crippen LogP contribution is 2.69. The fraction of sp³-hybridized carbons (Fsp3) is 0.333. The Hall–Kier alpha value is -0.695. The molecule has 2 atom stereocenters. The first-order valence-electron chi connectivity index (χ1n) is 5.87. The summed E-state index contributed by atoms with van der Waals surface area (Å²) in [5.41, 5.74) is -2.65. The molecule has 0 saturated carbocycles. The Balaban J connectivity index is 3.81. The van der Waals surface area contributed by atoms with Gasteiger partial charge in [-0.25, -0.2) is 10.5 Å². The van der Waals surface area contributed by atoms with Crippen LogP contribution in [-0.2, 0) is 18.5 Å². The molecule has 12 heteroatoms. The first-order chi connectivity index (χ1) is 9.57. The zero-order chi connectivity index (χ0) is 16.5. The highest BCUT2D eigenvalue weighted by Gasteiger charge is 2.57. The minimum Gasteiger partial charge on any atom is -0.391 e. The lowest BCUT2D eigenvalue weighted by Gasteiger charge is -2.40. The molecule has 1 aromatic rings. The first-order valence-corrected chi connectivity index (χ1v) is 9.16. The van der Waals surface area contributed by atoms with Gasteiger partial charge in [0.1, 0.15) is 0 Å². The van der Waals surface area contributed by atoms with Gasteiger partial charge in [-0.2, -0.15) is 21.6 Å². The maximum atomic E-state index is 12.2. The summed E-state index contributed by atoms with van der Waals surface area (Å²) in [6, 6.07) is 4.55. The molecule has 9 nitrogen and oxygen atoms in total. The van der Waals surface area contributed by atoms with Crippen LogP contribution in [-0.4, -0.2) is 32.9 Å². The van der Waals surface area contributed by atoms with Crippen molar-refractivity contribution in [1.82, 2.24) is 0 Å². The number of hydrogen-bond acceptors (Lipinski definition) is 7. The van der Waals surface area contributed by atoms with Crippen LogP contribution in [0.4, 0.5) is 5.69 Å². The molecular weight excluding hydrogens is 323 g/mol. The molecule has 0 heterocycles. The molecule has 1 rings (SSSR count). The highest BCUT2D eigenvalue weighted by molar-refractivity contribution is 8.24. The molecule has 0 spiro atoms. The van der Waals surface area contributed by atoms with Gasteiger partial charge in [0, 0.05) is 7.05 Å². The van der Waals surface area contributed by atoms with Gasteiger partial charge in [-0.05, 0) is 18.7 Å². The summed E-state index contributed by atoms with van der Waals surface area (Å²) in [6.45, 7) is 2.59. The van der Waals surface area contributed by atoms with Crippen molar-refractivity contribution in [2.75, 3.05) is 12.4 Å². The van der Waals surface area contributed by atoms with Gasteiger partial charge in [-0.3, -0.25) is 0 Å². The predicted octanol–water partition coefficient (Wildman–Crippen LogP) is 1.67. The van der Waals surface area contributed by atoms with E-state index in [4.69, 9.17) is 10.5 Å². The van der Waals surface area contributed by atoms with Gasteiger partial charge in [-0.15, -0.1) is 0 Å². The van der Waals surface area contributed by atoms with E-state index >= 15 is 0 Å². The highest BCUT2D eigenvalue weighted by atomic mass is 31.2. The molecule has 0 saturated heterocycles. The minimum atomic E-state index is -5.04. The summed E-state index contributed by atoms with van der Waals surface area (Å²) in [7, 11) is -8.58. The Kier molecular flexibility index (Phi) is 5.42. The maximum Gasteiger partial charge on any atom is 0.294 e. The molecule has 0 bridgehead atoms. The summed E-state index contributed by atoms with van der Waals surface area (Å²) in [4.78, 5) is 19.7. The van der Waals surface area contributed by atoms with Crippen LogP contribution in [0.5, 0.6) is 0 Å². The fourth-order valence-corrected chi connectivity index (χ4v) is 5.31. The van der Waals surface area contributed by atoms with Crippen molar-refractivity contribution >= 4 is 31.7 Å². The summed E-state index contributed by atoms with van der Waals surface area (Å²) in [5.74, 6) is 0. The molecule has 0 aliphatic rings. The third kappa shape index (κ3) is 2.95. The van der Waals surface area contributed by atoms with Crippen LogP contribution in [0.3, 0.4) is 0 Å². The van der Waals surface area contributed by atoms with E-state index < -0.39 is 20.5 Å². The first kappa shape index (κ1) is 18.4.